The summed E-state index contributed by atoms with van der Waals surface area (Å²) >= 11 is 0. The van der Waals surface area contributed by atoms with Crippen LogP contribution in [0.3, 0.4) is 0 Å². The quantitative estimate of drug-likeness (QED) is 0.420. The molecule has 1 heterocycles. The number of benzene rings is 2. The van der Waals surface area contributed by atoms with Gasteiger partial charge in [0, 0.05) is 25.9 Å². The van der Waals surface area contributed by atoms with Crippen molar-refractivity contribution in [3.05, 3.63) is 77.1 Å². The SMILES string of the molecule is Cn1nc(CNC(=O)CCCNC(=O)OCC2c3ccccc3-c3ccccc32)cc1C(=O)O. The Hall–Kier alpha value is -4.14. The topological polar surface area (TPSA) is 123 Å². The number of aromatic nitrogens is 2. The van der Waals surface area contributed by atoms with E-state index < -0.39 is 12.1 Å². The number of amides is 2. The number of nitrogens with zero attached hydrogens (tertiary/aromatic N) is 2. The fourth-order valence-corrected chi connectivity index (χ4v) is 4.18. The van der Waals surface area contributed by atoms with Gasteiger partial charge in [0.05, 0.1) is 12.2 Å². The van der Waals surface area contributed by atoms with Crippen LogP contribution in [0.5, 0.6) is 0 Å². The molecule has 0 bridgehead atoms. The zero-order chi connectivity index (χ0) is 24.1. The van der Waals surface area contributed by atoms with Gasteiger partial charge >= 0.3 is 12.1 Å². The Kier molecular flexibility index (Phi) is 6.91. The number of carboxylic acid groups (broad SMARTS) is 1. The molecule has 3 N–H and O–H groups in total. The Labute approximate surface area is 196 Å². The lowest BCUT2D eigenvalue weighted by Crippen LogP contribution is -2.28. The fraction of sp³-hybridized carbons (Fsp3) is 0.280. The van der Waals surface area contributed by atoms with E-state index in [0.29, 0.717) is 18.7 Å². The van der Waals surface area contributed by atoms with Crippen molar-refractivity contribution < 1.29 is 24.2 Å². The van der Waals surface area contributed by atoms with Crippen LogP contribution in [0.1, 0.15) is 46.1 Å². The van der Waals surface area contributed by atoms with Crippen molar-refractivity contribution in [3.63, 3.8) is 0 Å². The molecule has 0 saturated heterocycles. The molecule has 9 nitrogen and oxygen atoms in total. The second-order valence-corrected chi connectivity index (χ2v) is 8.08. The second-order valence-electron chi connectivity index (χ2n) is 8.08. The first kappa shape index (κ1) is 23.0. The van der Waals surface area contributed by atoms with Crippen LogP contribution in [0.2, 0.25) is 0 Å². The molecule has 2 aromatic carbocycles. The van der Waals surface area contributed by atoms with E-state index >= 15 is 0 Å². The molecule has 0 aliphatic heterocycles. The third-order valence-electron chi connectivity index (χ3n) is 5.81. The Bertz CT molecular complexity index is 1170. The maximum atomic E-state index is 12.2. The summed E-state index contributed by atoms with van der Waals surface area (Å²) in [6.45, 7) is 0.680. The molecule has 0 unspecified atom stereocenters. The Balaban J connectivity index is 1.17. The van der Waals surface area contributed by atoms with Crippen molar-refractivity contribution in [3.8, 4) is 11.1 Å². The monoisotopic (exact) mass is 462 g/mol. The van der Waals surface area contributed by atoms with Crippen molar-refractivity contribution in [2.24, 2.45) is 7.05 Å². The lowest BCUT2D eigenvalue weighted by molar-refractivity contribution is -0.121. The first-order valence-corrected chi connectivity index (χ1v) is 11.1. The Morgan fingerprint density at radius 3 is 2.29 bits per heavy atom. The minimum atomic E-state index is -1.08. The molecule has 4 rings (SSSR count). The highest BCUT2D eigenvalue weighted by atomic mass is 16.5. The number of hydrogen-bond acceptors (Lipinski definition) is 5. The zero-order valence-corrected chi connectivity index (χ0v) is 18.8. The number of carboxylic acids is 1. The van der Waals surface area contributed by atoms with Gasteiger partial charge in [0.2, 0.25) is 5.91 Å². The highest BCUT2D eigenvalue weighted by molar-refractivity contribution is 5.85. The number of carbonyl (C=O) groups is 3. The molecule has 3 aromatic rings. The van der Waals surface area contributed by atoms with E-state index in [0.717, 1.165) is 11.1 Å². The molecule has 176 valence electrons. The molecule has 0 spiro atoms. The molecular weight excluding hydrogens is 436 g/mol. The summed E-state index contributed by atoms with van der Waals surface area (Å²) in [5.74, 6) is -1.29. The van der Waals surface area contributed by atoms with E-state index in [2.05, 4.69) is 40.0 Å². The highest BCUT2D eigenvalue weighted by Gasteiger charge is 2.28. The first-order valence-electron chi connectivity index (χ1n) is 11.1. The van der Waals surface area contributed by atoms with Crippen molar-refractivity contribution in [1.29, 1.82) is 0 Å². The number of nitrogens with one attached hydrogen (secondary N) is 2. The summed E-state index contributed by atoms with van der Waals surface area (Å²) in [6.07, 6.45) is 0.137. The largest absolute Gasteiger partial charge is 0.477 e. The van der Waals surface area contributed by atoms with Gasteiger partial charge in [-0.3, -0.25) is 9.48 Å². The van der Waals surface area contributed by atoms with Gasteiger partial charge < -0.3 is 20.5 Å². The molecule has 1 aliphatic carbocycles. The number of carbonyl (C=O) groups excluding carboxylic acids is 2. The van der Waals surface area contributed by atoms with E-state index in [1.165, 1.54) is 28.9 Å². The molecule has 1 aromatic heterocycles. The molecule has 0 saturated carbocycles. The van der Waals surface area contributed by atoms with Crippen LogP contribution in [-0.4, -0.2) is 46.0 Å². The third kappa shape index (κ3) is 5.09. The van der Waals surface area contributed by atoms with Crippen LogP contribution in [-0.2, 0) is 23.1 Å². The lowest BCUT2D eigenvalue weighted by Gasteiger charge is -2.14. The fourth-order valence-electron chi connectivity index (χ4n) is 4.18. The Morgan fingerprint density at radius 2 is 1.68 bits per heavy atom. The van der Waals surface area contributed by atoms with Gasteiger partial charge in [-0.05, 0) is 34.7 Å². The van der Waals surface area contributed by atoms with Crippen LogP contribution in [0, 0.1) is 0 Å². The Morgan fingerprint density at radius 1 is 1.03 bits per heavy atom. The minimum Gasteiger partial charge on any atom is -0.477 e. The normalized spacial score (nSPS) is 12.0. The van der Waals surface area contributed by atoms with Crippen LogP contribution in [0.25, 0.3) is 11.1 Å². The van der Waals surface area contributed by atoms with Crippen molar-refractivity contribution in [2.45, 2.75) is 25.3 Å². The number of aryl methyl sites for hydroxylation is 1. The van der Waals surface area contributed by atoms with Crippen LogP contribution in [0.15, 0.2) is 54.6 Å². The number of fused-ring (bicyclic) bond motifs is 3. The number of ether oxygens (including phenoxy) is 1. The summed E-state index contributed by atoms with van der Waals surface area (Å²) < 4.78 is 6.73. The van der Waals surface area contributed by atoms with Gasteiger partial charge in [0.15, 0.2) is 0 Å². The maximum Gasteiger partial charge on any atom is 0.407 e. The van der Waals surface area contributed by atoms with Crippen LogP contribution < -0.4 is 10.6 Å². The molecule has 2 amide bonds. The zero-order valence-electron chi connectivity index (χ0n) is 18.8. The minimum absolute atomic E-state index is 0.00262. The standard InChI is InChI=1S/C25H26N4O5/c1-29-22(24(31)32)13-16(28-29)14-27-23(30)11-6-12-26-25(33)34-15-21-19-9-4-2-7-17(19)18-8-3-5-10-20(18)21/h2-5,7-10,13,21H,6,11-12,14-15H2,1H3,(H,26,33)(H,27,30)(H,31,32). The number of aromatic carboxylic acids is 1. The molecule has 0 fully saturated rings. The van der Waals surface area contributed by atoms with Crippen molar-refractivity contribution in [2.75, 3.05) is 13.2 Å². The summed E-state index contributed by atoms with van der Waals surface area (Å²) in [6, 6.07) is 17.7. The molecular formula is C25H26N4O5. The third-order valence-corrected chi connectivity index (χ3v) is 5.81. The van der Waals surface area contributed by atoms with Crippen LogP contribution in [0.4, 0.5) is 4.79 Å². The van der Waals surface area contributed by atoms with Crippen LogP contribution >= 0.6 is 0 Å². The maximum absolute atomic E-state index is 12.2. The average molecular weight is 463 g/mol. The molecule has 9 heteroatoms. The average Bonchev–Trinajstić information content (AvgIpc) is 3.37. The predicted molar refractivity (Wildman–Crippen MR) is 124 cm³/mol. The molecule has 1 aliphatic rings. The number of hydrogen-bond donors (Lipinski definition) is 3. The summed E-state index contributed by atoms with van der Waals surface area (Å²) in [5, 5.41) is 18.5. The number of rotatable bonds is 9. The summed E-state index contributed by atoms with van der Waals surface area (Å²) in [7, 11) is 1.53. The molecule has 34 heavy (non-hydrogen) atoms. The summed E-state index contributed by atoms with van der Waals surface area (Å²) in [5.41, 5.74) is 5.15. The van der Waals surface area contributed by atoms with E-state index in [1.54, 1.807) is 0 Å². The van der Waals surface area contributed by atoms with Crippen molar-refractivity contribution in [1.82, 2.24) is 20.4 Å². The van der Waals surface area contributed by atoms with Crippen molar-refractivity contribution >= 4 is 18.0 Å². The van der Waals surface area contributed by atoms with Gasteiger partial charge in [0.1, 0.15) is 12.3 Å². The van der Waals surface area contributed by atoms with E-state index in [1.807, 2.05) is 24.3 Å². The molecule has 0 atom stereocenters. The number of alkyl carbamates (subject to hydrolysis) is 1. The van der Waals surface area contributed by atoms with Gasteiger partial charge in [0.25, 0.3) is 0 Å². The first-order chi connectivity index (χ1) is 16.4. The smallest absolute Gasteiger partial charge is 0.407 e. The van der Waals surface area contributed by atoms with Gasteiger partial charge in [-0.1, -0.05) is 48.5 Å². The highest BCUT2D eigenvalue weighted by Crippen LogP contribution is 2.44. The molecule has 0 radical (unpaired) electrons. The predicted octanol–water partition coefficient (Wildman–Crippen LogP) is 3.05. The van der Waals surface area contributed by atoms with E-state index in [9.17, 15) is 14.4 Å². The van der Waals surface area contributed by atoms with E-state index in [-0.39, 0.29) is 37.1 Å². The van der Waals surface area contributed by atoms with Gasteiger partial charge in [-0.25, -0.2) is 9.59 Å². The van der Waals surface area contributed by atoms with E-state index in [4.69, 9.17) is 9.84 Å². The van der Waals surface area contributed by atoms with Gasteiger partial charge in [-0.15, -0.1) is 0 Å². The second kappa shape index (κ2) is 10.2. The lowest BCUT2D eigenvalue weighted by atomic mass is 9.98. The summed E-state index contributed by atoms with van der Waals surface area (Å²) in [4.78, 5) is 35.2. The van der Waals surface area contributed by atoms with Gasteiger partial charge in [-0.2, -0.15) is 5.10 Å².